The average Bonchev–Trinajstić information content (AvgIpc) is 3.02. The molecule has 1 saturated carbocycles. The van der Waals surface area contributed by atoms with Gasteiger partial charge in [-0.15, -0.1) is 0 Å². The van der Waals surface area contributed by atoms with E-state index in [1.165, 1.54) is 12.1 Å². The molecule has 146 valence electrons. The van der Waals surface area contributed by atoms with E-state index in [4.69, 9.17) is 22.1 Å². The molecule has 0 aliphatic heterocycles. The number of aliphatic hydroxyl groups is 1. The summed E-state index contributed by atoms with van der Waals surface area (Å²) in [5.41, 5.74) is 5.81. The second-order valence-corrected chi connectivity index (χ2v) is 7.32. The van der Waals surface area contributed by atoms with E-state index in [1.54, 1.807) is 12.1 Å². The van der Waals surface area contributed by atoms with E-state index in [-0.39, 0.29) is 18.5 Å². The van der Waals surface area contributed by atoms with E-state index in [9.17, 15) is 9.50 Å². The van der Waals surface area contributed by atoms with Gasteiger partial charge in [-0.25, -0.2) is 4.39 Å². The van der Waals surface area contributed by atoms with Crippen molar-refractivity contribution in [2.45, 2.75) is 50.4 Å². The highest BCUT2D eigenvalue weighted by Crippen LogP contribution is 2.31. The smallest absolute Gasteiger partial charge is 0.184 e. The first-order chi connectivity index (χ1) is 12.4. The second-order valence-electron chi connectivity index (χ2n) is 6.89. The summed E-state index contributed by atoms with van der Waals surface area (Å²) >= 11 is 5.92. The first-order valence-electron chi connectivity index (χ1n) is 9.07. The highest BCUT2D eigenvalue weighted by molar-refractivity contribution is 6.30. The Hall–Kier alpha value is -1.34. The van der Waals surface area contributed by atoms with E-state index in [1.807, 2.05) is 7.05 Å². The third-order valence-corrected chi connectivity index (χ3v) is 4.86. The molecule has 5 N–H and O–H groups in total. The number of hydrogen-bond donors (Lipinski definition) is 4. The average molecular weight is 386 g/mol. The summed E-state index contributed by atoms with van der Waals surface area (Å²) in [6.07, 6.45) is 6.20. The fraction of sp³-hybridized carbons (Fsp3) is 0.579. The normalized spacial score (nSPS) is 18.0. The summed E-state index contributed by atoms with van der Waals surface area (Å²) in [4.78, 5) is 0. The molecule has 1 aromatic rings. The second kappa shape index (κ2) is 10.1. The summed E-state index contributed by atoms with van der Waals surface area (Å²) in [5.74, 6) is 0.113. The number of halogens is 2. The van der Waals surface area contributed by atoms with Crippen molar-refractivity contribution in [3.05, 3.63) is 46.6 Å². The summed E-state index contributed by atoms with van der Waals surface area (Å²) in [6, 6.07) is 4.12. The van der Waals surface area contributed by atoms with Crippen LogP contribution in [0.3, 0.4) is 0 Å². The Morgan fingerprint density at radius 1 is 1.46 bits per heavy atom. The van der Waals surface area contributed by atoms with Gasteiger partial charge in [-0.3, -0.25) is 0 Å². The Kier molecular flexibility index (Phi) is 8.15. The highest BCUT2D eigenvalue weighted by atomic mass is 35.5. The lowest BCUT2D eigenvalue weighted by molar-refractivity contribution is 0.0380. The van der Waals surface area contributed by atoms with Crippen molar-refractivity contribution in [2.24, 2.45) is 5.73 Å². The Labute approximate surface area is 159 Å². The summed E-state index contributed by atoms with van der Waals surface area (Å²) in [6.45, 7) is 1.19. The molecule has 1 aliphatic carbocycles. The highest BCUT2D eigenvalue weighted by Gasteiger charge is 2.30. The number of nitrogens with one attached hydrogen (secondary N) is 2. The lowest BCUT2D eigenvalue weighted by atomic mass is 9.98. The van der Waals surface area contributed by atoms with E-state index in [2.05, 4.69) is 10.6 Å². The number of hydrogen-bond acceptors (Lipinski definition) is 5. The van der Waals surface area contributed by atoms with Gasteiger partial charge in [-0.05, 0) is 50.6 Å². The van der Waals surface area contributed by atoms with Crippen LogP contribution < -0.4 is 16.4 Å². The predicted molar refractivity (Wildman–Crippen MR) is 102 cm³/mol. The molecule has 5 nitrogen and oxygen atoms in total. The van der Waals surface area contributed by atoms with Gasteiger partial charge < -0.3 is 26.2 Å². The first-order valence-corrected chi connectivity index (χ1v) is 9.45. The van der Waals surface area contributed by atoms with Crippen LogP contribution in [0.4, 0.5) is 4.39 Å². The molecule has 2 rings (SSSR count). The van der Waals surface area contributed by atoms with E-state index < -0.39 is 5.60 Å². The van der Waals surface area contributed by atoms with Gasteiger partial charge in [0.15, 0.2) is 5.88 Å². The molecule has 0 spiro atoms. The quantitative estimate of drug-likeness (QED) is 0.466. The zero-order chi connectivity index (χ0) is 19.0. The van der Waals surface area contributed by atoms with Crippen LogP contribution in [0, 0.1) is 5.82 Å². The van der Waals surface area contributed by atoms with Gasteiger partial charge in [0.05, 0.1) is 5.60 Å². The molecule has 0 radical (unpaired) electrons. The molecule has 0 saturated heterocycles. The summed E-state index contributed by atoms with van der Waals surface area (Å²) in [5, 5.41) is 17.1. The molecule has 7 heteroatoms. The topological polar surface area (TPSA) is 79.5 Å². The van der Waals surface area contributed by atoms with Crippen LogP contribution >= 0.6 is 11.6 Å². The van der Waals surface area contributed by atoms with Crippen molar-refractivity contribution in [3.8, 4) is 0 Å². The Morgan fingerprint density at radius 2 is 2.19 bits per heavy atom. The number of nitrogens with two attached hydrogens (primary N) is 1. The number of likely N-dealkylation sites (N-methyl/N-ethyl adjacent to an activating group) is 1. The van der Waals surface area contributed by atoms with Crippen molar-refractivity contribution in [1.82, 2.24) is 10.6 Å². The van der Waals surface area contributed by atoms with Crippen LogP contribution in [0.15, 0.2) is 30.2 Å². The predicted octanol–water partition coefficient (Wildman–Crippen LogP) is 2.67. The largest absolute Gasteiger partial charge is 0.474 e. The molecular formula is C19H29ClFN3O2. The lowest BCUT2D eigenvalue weighted by Gasteiger charge is -2.23. The van der Waals surface area contributed by atoms with E-state index in [0.29, 0.717) is 36.0 Å². The lowest BCUT2D eigenvalue weighted by Crippen LogP contribution is -2.33. The Morgan fingerprint density at radius 3 is 2.88 bits per heavy atom. The number of ether oxygens (including phenoxy) is 1. The van der Waals surface area contributed by atoms with E-state index >= 15 is 0 Å². The van der Waals surface area contributed by atoms with Gasteiger partial charge >= 0.3 is 0 Å². The van der Waals surface area contributed by atoms with Crippen LogP contribution in [-0.4, -0.2) is 36.9 Å². The van der Waals surface area contributed by atoms with E-state index in [0.717, 1.165) is 25.7 Å². The van der Waals surface area contributed by atoms with Crippen molar-refractivity contribution < 1.29 is 14.2 Å². The van der Waals surface area contributed by atoms with Crippen molar-refractivity contribution >= 4 is 11.6 Å². The zero-order valence-electron chi connectivity index (χ0n) is 15.2. The van der Waals surface area contributed by atoms with Crippen molar-refractivity contribution in [2.75, 3.05) is 20.1 Å². The molecule has 26 heavy (non-hydrogen) atoms. The third-order valence-electron chi connectivity index (χ3n) is 4.62. The van der Waals surface area contributed by atoms with Crippen LogP contribution in [-0.2, 0) is 11.3 Å². The number of rotatable bonds is 10. The fourth-order valence-electron chi connectivity index (χ4n) is 3.16. The molecule has 0 amide bonds. The maximum absolute atomic E-state index is 13.9. The molecule has 0 bridgehead atoms. The first kappa shape index (κ1) is 21.0. The van der Waals surface area contributed by atoms with Crippen molar-refractivity contribution in [3.63, 3.8) is 0 Å². The minimum atomic E-state index is -0.593. The maximum atomic E-state index is 13.9. The third kappa shape index (κ3) is 6.76. The van der Waals surface area contributed by atoms with Gasteiger partial charge in [0.2, 0.25) is 0 Å². The molecule has 0 aromatic heterocycles. The molecule has 1 atom stereocenters. The standard InChI is InChI=1S/C19H29ClFN3O2/c1-23-12-16(22)11-18(24-9-8-19(25)6-2-3-7-19)26-13-14-10-15(20)4-5-17(14)21/h4-5,10-11,16,23-25H,2-3,6-9,12-13,22H2,1H3/b18-11+. The van der Waals surface area contributed by atoms with Crippen molar-refractivity contribution in [1.29, 1.82) is 0 Å². The van der Waals surface area contributed by atoms with Crippen LogP contribution in [0.1, 0.15) is 37.7 Å². The van der Waals surface area contributed by atoms with Crippen LogP contribution in [0.5, 0.6) is 0 Å². The minimum Gasteiger partial charge on any atom is -0.474 e. The molecule has 1 aromatic carbocycles. The SMILES string of the molecule is CNCC(N)/C=C(\NCCC1(O)CCCC1)OCc1cc(Cl)ccc1F. The molecule has 0 heterocycles. The van der Waals surface area contributed by atoms with Gasteiger partial charge in [-0.2, -0.15) is 0 Å². The van der Waals surface area contributed by atoms with Crippen LogP contribution in [0.2, 0.25) is 5.02 Å². The van der Waals surface area contributed by atoms with Gasteiger partial charge in [-0.1, -0.05) is 24.4 Å². The monoisotopic (exact) mass is 385 g/mol. The molecular weight excluding hydrogens is 357 g/mol. The van der Waals surface area contributed by atoms with Gasteiger partial charge in [0, 0.05) is 29.7 Å². The van der Waals surface area contributed by atoms with Gasteiger partial charge in [0.25, 0.3) is 0 Å². The molecule has 1 fully saturated rings. The number of benzene rings is 1. The Balaban J connectivity index is 1.95. The summed E-state index contributed by atoms with van der Waals surface area (Å²) < 4.78 is 19.6. The maximum Gasteiger partial charge on any atom is 0.184 e. The molecule has 1 aliphatic rings. The van der Waals surface area contributed by atoms with Crippen LogP contribution in [0.25, 0.3) is 0 Å². The minimum absolute atomic E-state index is 0.0434. The Bertz CT molecular complexity index is 606. The van der Waals surface area contributed by atoms with Gasteiger partial charge in [0.1, 0.15) is 12.4 Å². The zero-order valence-corrected chi connectivity index (χ0v) is 16.0. The summed E-state index contributed by atoms with van der Waals surface area (Å²) in [7, 11) is 1.82. The fourth-order valence-corrected chi connectivity index (χ4v) is 3.35. The molecule has 1 unspecified atom stereocenters.